The van der Waals surface area contributed by atoms with Crippen molar-refractivity contribution in [1.82, 2.24) is 24.1 Å². The molecule has 0 aliphatic carbocycles. The summed E-state index contributed by atoms with van der Waals surface area (Å²) in [6.45, 7) is 0. The number of nitrogens with zero attached hydrogens (tertiary/aromatic N) is 5. The molecule has 0 aliphatic heterocycles. The average molecular weight is 690 g/mol. The van der Waals surface area contributed by atoms with Crippen LogP contribution in [0, 0.1) is 0 Å². The summed E-state index contributed by atoms with van der Waals surface area (Å²) in [5.74, 6) is 1.80. The molecule has 8 aromatic carbocycles. The lowest BCUT2D eigenvalue weighted by atomic mass is 9.99. The molecule has 0 amide bonds. The zero-order valence-electron chi connectivity index (χ0n) is 29.1. The van der Waals surface area contributed by atoms with Crippen molar-refractivity contribution >= 4 is 54.4 Å². The van der Waals surface area contributed by atoms with Crippen LogP contribution >= 0.6 is 0 Å². The first-order valence-electron chi connectivity index (χ1n) is 18.2. The van der Waals surface area contributed by atoms with Crippen molar-refractivity contribution in [3.63, 3.8) is 0 Å². The zero-order valence-corrected chi connectivity index (χ0v) is 29.1. The average Bonchev–Trinajstić information content (AvgIpc) is 3.77. The lowest BCUT2D eigenvalue weighted by Gasteiger charge is -2.14. The van der Waals surface area contributed by atoms with E-state index in [0.717, 1.165) is 71.6 Å². The Labute approximate surface area is 311 Å². The van der Waals surface area contributed by atoms with Gasteiger partial charge in [-0.1, -0.05) is 164 Å². The molecule has 5 nitrogen and oxygen atoms in total. The molecule has 0 fully saturated rings. The topological polar surface area (TPSA) is 48.5 Å². The van der Waals surface area contributed by atoms with Gasteiger partial charge in [0.2, 0.25) is 5.95 Å². The fourth-order valence-corrected chi connectivity index (χ4v) is 8.16. The first-order valence-corrected chi connectivity index (χ1v) is 18.2. The Hall–Kier alpha value is -7.37. The van der Waals surface area contributed by atoms with E-state index in [1.165, 1.54) is 10.8 Å². The Balaban J connectivity index is 1.26. The first-order chi connectivity index (χ1) is 26.8. The van der Waals surface area contributed by atoms with Crippen molar-refractivity contribution in [3.05, 3.63) is 188 Å². The molecule has 11 aromatic rings. The molecule has 5 heteroatoms. The van der Waals surface area contributed by atoms with Gasteiger partial charge in [-0.3, -0.25) is 4.57 Å². The third-order valence-electron chi connectivity index (χ3n) is 10.6. The van der Waals surface area contributed by atoms with Crippen LogP contribution in [0.15, 0.2) is 188 Å². The summed E-state index contributed by atoms with van der Waals surface area (Å²) in [6, 6.07) is 66.1. The highest BCUT2D eigenvalue weighted by Gasteiger charge is 2.22. The summed E-state index contributed by atoms with van der Waals surface area (Å²) in [5, 5.41) is 7.03. The van der Waals surface area contributed by atoms with Crippen LogP contribution in [-0.2, 0) is 0 Å². The van der Waals surface area contributed by atoms with Crippen LogP contribution in [0.5, 0.6) is 0 Å². The normalized spacial score (nSPS) is 11.7. The van der Waals surface area contributed by atoms with E-state index in [4.69, 9.17) is 15.0 Å². The van der Waals surface area contributed by atoms with Crippen LogP contribution < -0.4 is 0 Å². The van der Waals surface area contributed by atoms with Gasteiger partial charge >= 0.3 is 0 Å². The largest absolute Gasteiger partial charge is 0.309 e. The molecule has 3 heterocycles. The first kappa shape index (κ1) is 30.3. The Morgan fingerprint density at radius 3 is 1.63 bits per heavy atom. The maximum Gasteiger partial charge on any atom is 0.238 e. The van der Waals surface area contributed by atoms with Crippen molar-refractivity contribution in [3.8, 4) is 45.5 Å². The number of para-hydroxylation sites is 2. The Bertz CT molecular complexity index is 3160. The number of aromatic nitrogens is 5. The molecule has 252 valence electrons. The van der Waals surface area contributed by atoms with E-state index >= 15 is 0 Å². The third-order valence-corrected chi connectivity index (χ3v) is 10.6. The third kappa shape index (κ3) is 4.69. The lowest BCUT2D eigenvalue weighted by molar-refractivity contribution is 0.954. The predicted octanol–water partition coefficient (Wildman–Crippen LogP) is 12.2. The summed E-state index contributed by atoms with van der Waals surface area (Å²) in [4.78, 5) is 15.9. The maximum absolute atomic E-state index is 5.39. The molecule has 0 atom stereocenters. The fraction of sp³-hybridized carbons (Fsp3) is 0. The molecule has 0 aliphatic rings. The Morgan fingerprint density at radius 2 is 0.889 bits per heavy atom. The SMILES string of the molecule is c1ccc(-c2nc(-c3ccccc3-c3ccccc3)nc(-n3c4cc(-n5c6ccccc6c6ccccc65)ccc4c4ccc5ccccc5c43)n2)cc1. The Kier molecular flexibility index (Phi) is 6.79. The molecule has 0 unspecified atom stereocenters. The van der Waals surface area contributed by atoms with Crippen molar-refractivity contribution < 1.29 is 0 Å². The highest BCUT2D eigenvalue weighted by molar-refractivity contribution is 6.19. The highest BCUT2D eigenvalue weighted by atomic mass is 15.2. The van der Waals surface area contributed by atoms with Gasteiger partial charge in [-0.05, 0) is 40.8 Å². The number of rotatable bonds is 5. The number of hydrogen-bond acceptors (Lipinski definition) is 3. The number of hydrogen-bond donors (Lipinski definition) is 0. The summed E-state index contributed by atoms with van der Waals surface area (Å²) in [5.41, 5.74) is 9.53. The van der Waals surface area contributed by atoms with Crippen molar-refractivity contribution in [2.24, 2.45) is 0 Å². The maximum atomic E-state index is 5.39. The van der Waals surface area contributed by atoms with Crippen LogP contribution in [0.25, 0.3) is 99.9 Å². The second-order valence-electron chi connectivity index (χ2n) is 13.6. The number of fused-ring (bicyclic) bond motifs is 8. The van der Waals surface area contributed by atoms with Crippen LogP contribution in [0.1, 0.15) is 0 Å². The molecular weight excluding hydrogens is 659 g/mol. The van der Waals surface area contributed by atoms with Gasteiger partial charge in [0.1, 0.15) is 0 Å². The minimum atomic E-state index is 0.567. The molecule has 0 radical (unpaired) electrons. The molecule has 54 heavy (non-hydrogen) atoms. The van der Waals surface area contributed by atoms with Gasteiger partial charge in [0.05, 0.1) is 22.1 Å². The van der Waals surface area contributed by atoms with E-state index in [2.05, 4.69) is 173 Å². The Morgan fingerprint density at radius 1 is 0.333 bits per heavy atom. The summed E-state index contributed by atoms with van der Waals surface area (Å²) >= 11 is 0. The van der Waals surface area contributed by atoms with Crippen LogP contribution in [0.4, 0.5) is 0 Å². The van der Waals surface area contributed by atoms with Crippen molar-refractivity contribution in [1.29, 1.82) is 0 Å². The van der Waals surface area contributed by atoms with E-state index in [0.29, 0.717) is 17.6 Å². The van der Waals surface area contributed by atoms with E-state index in [1.54, 1.807) is 0 Å². The number of benzene rings is 8. The van der Waals surface area contributed by atoms with E-state index in [1.807, 2.05) is 24.3 Å². The van der Waals surface area contributed by atoms with Gasteiger partial charge in [-0.2, -0.15) is 9.97 Å². The van der Waals surface area contributed by atoms with Crippen LogP contribution in [0.2, 0.25) is 0 Å². The molecule has 0 bridgehead atoms. The van der Waals surface area contributed by atoms with Gasteiger partial charge < -0.3 is 4.57 Å². The van der Waals surface area contributed by atoms with Gasteiger partial charge in [0.15, 0.2) is 11.6 Å². The van der Waals surface area contributed by atoms with Crippen molar-refractivity contribution in [2.45, 2.75) is 0 Å². The molecule has 3 aromatic heterocycles. The van der Waals surface area contributed by atoms with Crippen molar-refractivity contribution in [2.75, 3.05) is 0 Å². The molecule has 11 rings (SSSR count). The highest BCUT2D eigenvalue weighted by Crippen LogP contribution is 2.40. The quantitative estimate of drug-likeness (QED) is 0.181. The van der Waals surface area contributed by atoms with Crippen LogP contribution in [0.3, 0.4) is 0 Å². The monoisotopic (exact) mass is 689 g/mol. The minimum Gasteiger partial charge on any atom is -0.309 e. The predicted molar refractivity (Wildman–Crippen MR) is 222 cm³/mol. The van der Waals surface area contributed by atoms with Gasteiger partial charge in [-0.15, -0.1) is 0 Å². The fourth-order valence-electron chi connectivity index (χ4n) is 8.16. The second kappa shape index (κ2) is 12.1. The van der Waals surface area contributed by atoms with Gasteiger partial charge in [0.25, 0.3) is 0 Å². The standard InChI is InChI=1S/C49H31N5/c1-3-15-32(16-4-1)36-20-9-10-24-42(36)48-50-47(34-18-5-2-6-19-34)51-49(52-48)54-45-31-35(53-43-25-13-11-22-38(43)39-23-12-14-26-44(39)53)28-30-40(45)41-29-27-33-17-7-8-21-37(33)46(41)54/h1-31H. The minimum absolute atomic E-state index is 0.567. The van der Waals surface area contributed by atoms with Gasteiger partial charge in [-0.25, -0.2) is 4.98 Å². The van der Waals surface area contributed by atoms with E-state index < -0.39 is 0 Å². The summed E-state index contributed by atoms with van der Waals surface area (Å²) in [6.07, 6.45) is 0. The second-order valence-corrected chi connectivity index (χ2v) is 13.6. The van der Waals surface area contributed by atoms with Crippen LogP contribution in [-0.4, -0.2) is 24.1 Å². The lowest BCUT2D eigenvalue weighted by Crippen LogP contribution is -2.07. The summed E-state index contributed by atoms with van der Waals surface area (Å²) < 4.78 is 4.63. The zero-order chi connectivity index (χ0) is 35.6. The summed E-state index contributed by atoms with van der Waals surface area (Å²) in [7, 11) is 0. The molecule has 0 saturated heterocycles. The van der Waals surface area contributed by atoms with Gasteiger partial charge in [0, 0.05) is 43.7 Å². The smallest absolute Gasteiger partial charge is 0.238 e. The van der Waals surface area contributed by atoms with E-state index in [-0.39, 0.29) is 0 Å². The molecule has 0 spiro atoms. The molecule has 0 N–H and O–H groups in total. The van der Waals surface area contributed by atoms with E-state index in [9.17, 15) is 0 Å². The molecule has 0 saturated carbocycles. The molecular formula is C49H31N5.